The van der Waals surface area contributed by atoms with Crippen LogP contribution in [0.5, 0.6) is 0 Å². The first-order valence-electron chi connectivity index (χ1n) is 15.3. The lowest BCUT2D eigenvalue weighted by molar-refractivity contribution is -0.175. The lowest BCUT2D eigenvalue weighted by atomic mass is 9.99. The van der Waals surface area contributed by atoms with E-state index in [0.717, 1.165) is 12.8 Å². The van der Waals surface area contributed by atoms with Gasteiger partial charge in [0, 0.05) is 22.2 Å². The SMILES string of the molecule is CC(C)C(NC(=O)CN(C(=O)[C@@H](NC(=O)c1ccc(C(=O)NS(=O)(=O)c2ccc(Cl)cc2)cc1)C(C)C)C1CCCC1)C(=O)C(F)(F)F. The van der Waals surface area contributed by atoms with Gasteiger partial charge in [0.05, 0.1) is 17.5 Å². The van der Waals surface area contributed by atoms with Crippen LogP contribution in [0.3, 0.4) is 0 Å². The minimum absolute atomic E-state index is 0.0427. The van der Waals surface area contributed by atoms with E-state index >= 15 is 0 Å². The molecule has 4 amide bonds. The molecule has 262 valence electrons. The van der Waals surface area contributed by atoms with Gasteiger partial charge in [-0.05, 0) is 73.2 Å². The predicted octanol–water partition coefficient (Wildman–Crippen LogP) is 4.26. The highest BCUT2D eigenvalue weighted by Gasteiger charge is 2.45. The van der Waals surface area contributed by atoms with Crippen molar-refractivity contribution in [3.8, 4) is 0 Å². The minimum atomic E-state index is -5.16. The zero-order valence-electron chi connectivity index (χ0n) is 26.8. The molecule has 3 N–H and O–H groups in total. The molecule has 0 aromatic heterocycles. The number of carbonyl (C=O) groups excluding carboxylic acids is 5. The van der Waals surface area contributed by atoms with Gasteiger partial charge in [0.2, 0.25) is 11.8 Å². The Morgan fingerprint density at radius 1 is 0.812 bits per heavy atom. The third kappa shape index (κ3) is 10.0. The first-order chi connectivity index (χ1) is 22.3. The maximum absolute atomic E-state index is 13.9. The molecule has 48 heavy (non-hydrogen) atoms. The molecule has 1 aliphatic rings. The van der Waals surface area contributed by atoms with Crippen molar-refractivity contribution in [3.05, 3.63) is 64.7 Å². The molecule has 0 heterocycles. The summed E-state index contributed by atoms with van der Waals surface area (Å²) in [5, 5.41) is 5.10. The summed E-state index contributed by atoms with van der Waals surface area (Å²) in [5.41, 5.74) is -0.0242. The number of benzene rings is 2. The number of hydrogen-bond acceptors (Lipinski definition) is 7. The molecule has 16 heteroatoms. The van der Waals surface area contributed by atoms with Gasteiger partial charge in [-0.3, -0.25) is 24.0 Å². The maximum Gasteiger partial charge on any atom is 0.452 e. The van der Waals surface area contributed by atoms with Gasteiger partial charge in [-0.25, -0.2) is 13.1 Å². The number of hydrogen-bond donors (Lipinski definition) is 3. The van der Waals surface area contributed by atoms with E-state index in [4.69, 9.17) is 11.6 Å². The number of nitrogens with one attached hydrogen (secondary N) is 3. The van der Waals surface area contributed by atoms with Gasteiger partial charge in [0.1, 0.15) is 6.04 Å². The summed E-state index contributed by atoms with van der Waals surface area (Å²) in [7, 11) is -4.21. The number of rotatable bonds is 13. The average Bonchev–Trinajstić information content (AvgIpc) is 3.54. The molecular weight excluding hydrogens is 677 g/mol. The highest BCUT2D eigenvalue weighted by Crippen LogP contribution is 2.26. The molecule has 1 aliphatic carbocycles. The van der Waals surface area contributed by atoms with Crippen LogP contribution in [-0.2, 0) is 24.4 Å². The fourth-order valence-electron chi connectivity index (χ4n) is 5.23. The number of sulfonamides is 1. The molecule has 2 atom stereocenters. The van der Waals surface area contributed by atoms with E-state index in [1.807, 2.05) is 4.72 Å². The Balaban J connectivity index is 1.74. The molecular formula is C32H38ClF3N4O7S. The Labute approximate surface area is 282 Å². The lowest BCUT2D eigenvalue weighted by Gasteiger charge is -2.34. The number of alkyl halides is 3. The zero-order valence-corrected chi connectivity index (χ0v) is 28.3. The van der Waals surface area contributed by atoms with Gasteiger partial charge in [-0.1, -0.05) is 52.1 Å². The van der Waals surface area contributed by atoms with Gasteiger partial charge < -0.3 is 15.5 Å². The van der Waals surface area contributed by atoms with Crippen LogP contribution in [0.1, 0.15) is 74.1 Å². The monoisotopic (exact) mass is 714 g/mol. The third-order valence-electron chi connectivity index (χ3n) is 7.89. The van der Waals surface area contributed by atoms with Gasteiger partial charge in [-0.15, -0.1) is 0 Å². The highest BCUT2D eigenvalue weighted by atomic mass is 35.5. The second kappa shape index (κ2) is 15.9. The van der Waals surface area contributed by atoms with Crippen molar-refractivity contribution in [1.29, 1.82) is 0 Å². The van der Waals surface area contributed by atoms with E-state index < -0.39 is 82.1 Å². The molecule has 0 radical (unpaired) electrons. The molecule has 1 saturated carbocycles. The van der Waals surface area contributed by atoms with Crippen LogP contribution in [0.4, 0.5) is 13.2 Å². The topological polar surface area (TPSA) is 159 Å². The van der Waals surface area contributed by atoms with Crippen molar-refractivity contribution >= 4 is 51.0 Å². The summed E-state index contributed by atoms with van der Waals surface area (Å²) >= 11 is 5.79. The molecule has 0 saturated heterocycles. The summed E-state index contributed by atoms with van der Waals surface area (Å²) in [6.07, 6.45) is -2.55. The molecule has 2 aromatic carbocycles. The second-order valence-corrected chi connectivity index (χ2v) is 14.3. The van der Waals surface area contributed by atoms with Crippen molar-refractivity contribution in [2.45, 2.75) is 82.6 Å². The van der Waals surface area contributed by atoms with Crippen LogP contribution < -0.4 is 15.4 Å². The fourth-order valence-corrected chi connectivity index (χ4v) is 6.33. The molecule has 1 fully saturated rings. The van der Waals surface area contributed by atoms with Crippen molar-refractivity contribution in [2.24, 2.45) is 11.8 Å². The predicted molar refractivity (Wildman–Crippen MR) is 170 cm³/mol. The van der Waals surface area contributed by atoms with Crippen molar-refractivity contribution in [2.75, 3.05) is 6.54 Å². The molecule has 0 bridgehead atoms. The van der Waals surface area contributed by atoms with Crippen LogP contribution in [0.2, 0.25) is 5.02 Å². The van der Waals surface area contributed by atoms with Gasteiger partial charge >= 0.3 is 6.18 Å². The molecule has 0 spiro atoms. The normalized spacial score (nSPS) is 15.1. The second-order valence-electron chi connectivity index (χ2n) is 12.2. The first-order valence-corrected chi connectivity index (χ1v) is 17.1. The quantitative estimate of drug-likeness (QED) is 0.280. The van der Waals surface area contributed by atoms with E-state index in [-0.39, 0.29) is 16.0 Å². The fraction of sp³-hybridized carbons (Fsp3) is 0.469. The Kier molecular flexibility index (Phi) is 12.8. The summed E-state index contributed by atoms with van der Waals surface area (Å²) in [6, 6.07) is 6.80. The maximum atomic E-state index is 13.9. The number of amides is 4. The summed E-state index contributed by atoms with van der Waals surface area (Å²) in [4.78, 5) is 65.7. The average molecular weight is 715 g/mol. The first kappa shape index (κ1) is 38.5. The van der Waals surface area contributed by atoms with E-state index in [2.05, 4.69) is 10.6 Å². The van der Waals surface area contributed by atoms with Crippen LogP contribution in [0.15, 0.2) is 53.4 Å². The highest BCUT2D eigenvalue weighted by molar-refractivity contribution is 7.90. The molecule has 3 rings (SSSR count). The van der Waals surface area contributed by atoms with E-state index in [1.165, 1.54) is 67.3 Å². The molecule has 0 aliphatic heterocycles. The lowest BCUT2D eigenvalue weighted by Crippen LogP contribution is -2.57. The van der Waals surface area contributed by atoms with Crippen LogP contribution >= 0.6 is 11.6 Å². The molecule has 1 unspecified atom stereocenters. The smallest absolute Gasteiger partial charge is 0.344 e. The zero-order chi connectivity index (χ0) is 36.0. The Hall–Kier alpha value is -3.98. The molecule has 2 aromatic rings. The number of Topliss-reactive ketones (excluding diaryl/α,β-unsaturated/α-hetero) is 1. The molecule has 11 nitrogen and oxygen atoms in total. The van der Waals surface area contributed by atoms with E-state index in [0.29, 0.717) is 17.9 Å². The van der Waals surface area contributed by atoms with Crippen molar-refractivity contribution in [3.63, 3.8) is 0 Å². The number of ketones is 1. The minimum Gasteiger partial charge on any atom is -0.344 e. The van der Waals surface area contributed by atoms with E-state index in [1.54, 1.807) is 13.8 Å². The van der Waals surface area contributed by atoms with Crippen LogP contribution in [0, 0.1) is 11.8 Å². The van der Waals surface area contributed by atoms with Gasteiger partial charge in [0.15, 0.2) is 0 Å². The van der Waals surface area contributed by atoms with Crippen molar-refractivity contribution in [1.82, 2.24) is 20.3 Å². The van der Waals surface area contributed by atoms with Crippen LogP contribution in [0.25, 0.3) is 0 Å². The Morgan fingerprint density at radius 3 is 1.79 bits per heavy atom. The number of carbonyl (C=O) groups is 5. The summed E-state index contributed by atoms with van der Waals surface area (Å²) in [6.45, 7) is 5.45. The number of halogens is 4. The Bertz CT molecular complexity index is 1610. The van der Waals surface area contributed by atoms with Crippen LogP contribution in [-0.4, -0.2) is 73.6 Å². The third-order valence-corrected chi connectivity index (χ3v) is 9.49. The van der Waals surface area contributed by atoms with Crippen molar-refractivity contribution < 1.29 is 45.6 Å². The largest absolute Gasteiger partial charge is 0.452 e. The van der Waals surface area contributed by atoms with E-state index in [9.17, 15) is 45.6 Å². The Morgan fingerprint density at radius 2 is 1.31 bits per heavy atom. The standard InChI is InChI=1S/C32H38ClF3N4O7S/c1-18(2)26(28(42)32(34,35)36)37-25(41)17-40(23-7-5-6-8-23)31(45)27(19(3)4)38-29(43)20-9-11-21(12-10-20)30(44)39-48(46,47)24-15-13-22(33)14-16-24/h9-16,18-19,23,26-27H,5-8,17H2,1-4H3,(H,37,41)(H,38,43)(H,39,44)/t26?,27-/m0/s1. The van der Waals surface area contributed by atoms with Gasteiger partial charge in [-0.2, -0.15) is 13.2 Å². The summed E-state index contributed by atoms with van der Waals surface area (Å²) < 4.78 is 66.5. The van der Waals surface area contributed by atoms with Gasteiger partial charge in [0.25, 0.3) is 27.6 Å². The summed E-state index contributed by atoms with van der Waals surface area (Å²) in [5.74, 6) is -6.65. The number of nitrogens with zero attached hydrogens (tertiary/aromatic N) is 1.